The van der Waals surface area contributed by atoms with Gasteiger partial charge in [-0.05, 0) is 63.8 Å². The lowest BCUT2D eigenvalue weighted by Crippen LogP contribution is -2.39. The van der Waals surface area contributed by atoms with Crippen molar-refractivity contribution in [3.63, 3.8) is 0 Å². The predicted octanol–water partition coefficient (Wildman–Crippen LogP) is 4.37. The number of likely N-dealkylation sites (tertiary alicyclic amines) is 1. The number of hydrogen-bond acceptors (Lipinski definition) is 2. The Balaban J connectivity index is 1.70. The van der Waals surface area contributed by atoms with Crippen molar-refractivity contribution in [2.75, 3.05) is 6.54 Å². The van der Waals surface area contributed by atoms with Gasteiger partial charge in [-0.25, -0.2) is 4.98 Å². The summed E-state index contributed by atoms with van der Waals surface area (Å²) in [6.45, 7) is 7.96. The number of rotatable bonds is 3. The molecule has 0 saturated carbocycles. The Hall–Kier alpha value is -2.56. The molecule has 0 radical (unpaired) electrons. The fourth-order valence-electron chi connectivity index (χ4n) is 4.09. The topological polar surface area (TPSA) is 53.9 Å². The van der Waals surface area contributed by atoms with Gasteiger partial charge in [0.25, 0.3) is 5.91 Å². The van der Waals surface area contributed by atoms with Crippen molar-refractivity contribution in [3.8, 4) is 0 Å². The van der Waals surface area contributed by atoms with Crippen LogP contribution in [-0.4, -0.2) is 31.9 Å². The summed E-state index contributed by atoms with van der Waals surface area (Å²) in [5.41, 5.74) is 4.23. The molecule has 1 aliphatic rings. The number of carbonyl (C=O) groups is 1. The van der Waals surface area contributed by atoms with Gasteiger partial charge in [0.2, 0.25) is 0 Å². The highest BCUT2D eigenvalue weighted by atomic mass is 16.2. The molecule has 1 saturated heterocycles. The maximum atomic E-state index is 13.3. The van der Waals surface area contributed by atoms with Crippen molar-refractivity contribution < 1.29 is 4.79 Å². The molecule has 26 heavy (non-hydrogen) atoms. The molecule has 3 aromatic rings. The summed E-state index contributed by atoms with van der Waals surface area (Å²) >= 11 is 0. The van der Waals surface area contributed by atoms with Crippen LogP contribution in [0.2, 0.25) is 0 Å². The molecule has 4 rings (SSSR count). The first kappa shape index (κ1) is 16.9. The number of imidazole rings is 1. The molecule has 0 aliphatic carbocycles. The second-order valence-corrected chi connectivity index (χ2v) is 7.22. The Morgan fingerprint density at radius 3 is 2.96 bits per heavy atom. The second-order valence-electron chi connectivity index (χ2n) is 7.22. The van der Waals surface area contributed by atoms with Crippen LogP contribution >= 0.6 is 0 Å². The molecule has 2 aromatic heterocycles. The summed E-state index contributed by atoms with van der Waals surface area (Å²) in [5, 5.41) is 1.14. The summed E-state index contributed by atoms with van der Waals surface area (Å²) in [6, 6.07) is 6.07. The maximum Gasteiger partial charge on any atom is 0.254 e. The summed E-state index contributed by atoms with van der Waals surface area (Å²) in [6.07, 6.45) is 7.02. The Bertz CT molecular complexity index is 952. The van der Waals surface area contributed by atoms with Crippen molar-refractivity contribution in [3.05, 3.63) is 53.2 Å². The minimum absolute atomic E-state index is 0.0657. The molecule has 1 aromatic carbocycles. The van der Waals surface area contributed by atoms with Crippen LogP contribution < -0.4 is 0 Å². The van der Waals surface area contributed by atoms with Gasteiger partial charge in [0.05, 0.1) is 6.04 Å². The minimum atomic E-state index is 0.0657. The lowest BCUT2D eigenvalue weighted by molar-refractivity contribution is 0.0595. The number of aromatic nitrogens is 3. The van der Waals surface area contributed by atoms with Gasteiger partial charge in [-0.15, -0.1) is 0 Å². The number of hydrogen-bond donors (Lipinski definition) is 1. The molecule has 1 N–H and O–H groups in total. The zero-order valence-corrected chi connectivity index (χ0v) is 15.7. The van der Waals surface area contributed by atoms with Crippen LogP contribution in [0.15, 0.2) is 30.6 Å². The molecule has 1 fully saturated rings. The molecular weight excluding hydrogens is 324 g/mol. The minimum Gasteiger partial charge on any atom is -0.358 e. The van der Waals surface area contributed by atoms with Crippen molar-refractivity contribution >= 4 is 16.8 Å². The summed E-state index contributed by atoms with van der Waals surface area (Å²) < 4.78 is 2.15. The first-order valence-corrected chi connectivity index (χ1v) is 9.51. The van der Waals surface area contributed by atoms with E-state index in [9.17, 15) is 4.79 Å². The van der Waals surface area contributed by atoms with Gasteiger partial charge < -0.3 is 14.5 Å². The van der Waals surface area contributed by atoms with Crippen LogP contribution in [0.4, 0.5) is 0 Å². The van der Waals surface area contributed by atoms with Crippen molar-refractivity contribution in [2.45, 2.75) is 52.6 Å². The Kier molecular flexibility index (Phi) is 4.31. The first-order valence-electron chi connectivity index (χ1n) is 9.51. The van der Waals surface area contributed by atoms with Gasteiger partial charge in [-0.1, -0.05) is 0 Å². The summed E-state index contributed by atoms with van der Waals surface area (Å²) in [5.74, 6) is 1.12. The molecule has 136 valence electrons. The van der Waals surface area contributed by atoms with Crippen LogP contribution in [0.1, 0.15) is 59.7 Å². The van der Waals surface area contributed by atoms with Crippen LogP contribution in [0.5, 0.6) is 0 Å². The number of benzene rings is 1. The molecule has 0 spiro atoms. The Morgan fingerprint density at radius 2 is 2.15 bits per heavy atom. The molecule has 0 bridgehead atoms. The number of aryl methyl sites for hydroxylation is 3. The number of amides is 1. The van der Waals surface area contributed by atoms with Gasteiger partial charge in [-0.2, -0.15) is 0 Å². The van der Waals surface area contributed by atoms with Gasteiger partial charge in [0.15, 0.2) is 0 Å². The molecule has 5 heteroatoms. The third-order valence-electron chi connectivity index (χ3n) is 5.71. The van der Waals surface area contributed by atoms with Crippen molar-refractivity contribution in [1.29, 1.82) is 0 Å². The third kappa shape index (κ3) is 2.71. The molecule has 1 atom stereocenters. The number of aromatic amines is 1. The van der Waals surface area contributed by atoms with E-state index in [0.717, 1.165) is 60.3 Å². The van der Waals surface area contributed by atoms with E-state index in [1.807, 2.05) is 35.5 Å². The van der Waals surface area contributed by atoms with E-state index in [4.69, 9.17) is 0 Å². The van der Waals surface area contributed by atoms with Gasteiger partial charge >= 0.3 is 0 Å². The number of H-pyrrole nitrogens is 1. The lowest BCUT2D eigenvalue weighted by atomic mass is 9.99. The number of piperidine rings is 1. The highest BCUT2D eigenvalue weighted by molar-refractivity contribution is 5.99. The van der Waals surface area contributed by atoms with E-state index in [1.165, 1.54) is 5.56 Å². The maximum absolute atomic E-state index is 13.3. The summed E-state index contributed by atoms with van der Waals surface area (Å²) in [7, 11) is 0. The zero-order valence-electron chi connectivity index (χ0n) is 15.7. The Morgan fingerprint density at radius 1 is 1.31 bits per heavy atom. The highest BCUT2D eigenvalue weighted by Crippen LogP contribution is 2.32. The fraction of sp³-hybridized carbons (Fsp3) is 0.429. The van der Waals surface area contributed by atoms with E-state index < -0.39 is 0 Å². The van der Waals surface area contributed by atoms with Crippen LogP contribution in [0.3, 0.4) is 0 Å². The normalized spacial score (nSPS) is 17.8. The molecule has 3 heterocycles. The largest absolute Gasteiger partial charge is 0.358 e. The molecule has 5 nitrogen and oxygen atoms in total. The van der Waals surface area contributed by atoms with Crippen LogP contribution in [0, 0.1) is 13.8 Å². The van der Waals surface area contributed by atoms with E-state index in [0.29, 0.717) is 0 Å². The number of nitrogens with zero attached hydrogens (tertiary/aromatic N) is 3. The first-order chi connectivity index (χ1) is 12.6. The molecule has 1 amide bonds. The van der Waals surface area contributed by atoms with E-state index in [1.54, 1.807) is 0 Å². The third-order valence-corrected chi connectivity index (χ3v) is 5.71. The second kappa shape index (κ2) is 6.63. The van der Waals surface area contributed by atoms with Crippen molar-refractivity contribution in [1.82, 2.24) is 19.4 Å². The standard InChI is InChI=1S/C21H26N4O/c1-4-24-12-10-22-20(24)19-7-5-6-11-25(19)21(26)16-8-9-18-17(13-16)14(2)15(3)23-18/h8-10,12-13,19,23H,4-7,11H2,1-3H3. The predicted molar refractivity (Wildman–Crippen MR) is 103 cm³/mol. The van der Waals surface area contributed by atoms with Crippen LogP contribution in [-0.2, 0) is 6.54 Å². The van der Waals surface area contributed by atoms with Gasteiger partial charge in [-0.3, -0.25) is 4.79 Å². The highest BCUT2D eigenvalue weighted by Gasteiger charge is 2.31. The smallest absolute Gasteiger partial charge is 0.254 e. The lowest BCUT2D eigenvalue weighted by Gasteiger charge is -2.35. The van der Waals surface area contributed by atoms with Crippen LogP contribution in [0.25, 0.3) is 10.9 Å². The molecule has 1 unspecified atom stereocenters. The zero-order chi connectivity index (χ0) is 18.3. The SMILES string of the molecule is CCn1ccnc1C1CCCCN1C(=O)c1ccc2[nH]c(C)c(C)c2c1. The quantitative estimate of drug-likeness (QED) is 0.762. The Labute approximate surface area is 154 Å². The fourth-order valence-corrected chi connectivity index (χ4v) is 4.09. The average molecular weight is 350 g/mol. The van der Waals surface area contributed by atoms with Gasteiger partial charge in [0.1, 0.15) is 5.82 Å². The number of fused-ring (bicyclic) bond motifs is 1. The average Bonchev–Trinajstić information content (AvgIpc) is 3.25. The van der Waals surface area contributed by atoms with Crippen molar-refractivity contribution in [2.24, 2.45) is 0 Å². The van der Waals surface area contributed by atoms with E-state index in [2.05, 4.69) is 35.3 Å². The molecular formula is C21H26N4O. The van der Waals surface area contributed by atoms with Gasteiger partial charge in [0, 0.05) is 47.6 Å². The van der Waals surface area contributed by atoms with E-state index >= 15 is 0 Å². The summed E-state index contributed by atoms with van der Waals surface area (Å²) in [4.78, 5) is 23.3. The molecule has 1 aliphatic heterocycles. The van der Waals surface area contributed by atoms with E-state index in [-0.39, 0.29) is 11.9 Å². The number of nitrogens with one attached hydrogen (secondary N) is 1. The number of carbonyl (C=O) groups excluding carboxylic acids is 1. The monoisotopic (exact) mass is 350 g/mol.